The first-order valence-corrected chi connectivity index (χ1v) is 23.0. The van der Waals surface area contributed by atoms with Crippen molar-refractivity contribution in [1.82, 2.24) is 23.7 Å². The van der Waals surface area contributed by atoms with Crippen molar-refractivity contribution in [2.24, 2.45) is 20.0 Å². The number of alkyl halides is 2. The summed E-state index contributed by atoms with van der Waals surface area (Å²) in [4.78, 5) is 85.0. The molecular weight excluding hydrogens is 1200 g/mol. The number of ether oxygens (including phenoxy) is 5. The summed E-state index contributed by atoms with van der Waals surface area (Å²) >= 11 is 3.80. The molecular formula is C46H56F4I2N8O13. The molecule has 1 amide bonds. The van der Waals surface area contributed by atoms with Gasteiger partial charge in [0.1, 0.15) is 53.4 Å². The molecule has 0 aliphatic carbocycles. The molecule has 2 fully saturated rings. The maximum absolute atomic E-state index is 14.3. The van der Waals surface area contributed by atoms with E-state index in [0.29, 0.717) is 38.6 Å². The van der Waals surface area contributed by atoms with Gasteiger partial charge in [-0.25, -0.2) is 52.5 Å². The zero-order valence-electron chi connectivity index (χ0n) is 38.7. The Morgan fingerprint density at radius 2 is 1.15 bits per heavy atom. The molecule has 400 valence electrons. The number of nitrogens with one attached hydrogen (secondary N) is 3. The van der Waals surface area contributed by atoms with Gasteiger partial charge >= 0.3 is 17.3 Å². The molecule has 5 N–H and O–H groups in total. The fraction of sp³-hybridized carbons (Fsp3) is 0.391. The molecule has 73 heavy (non-hydrogen) atoms. The van der Waals surface area contributed by atoms with Crippen LogP contribution in [0.4, 0.5) is 40.6 Å². The van der Waals surface area contributed by atoms with E-state index < -0.39 is 100 Å². The third-order valence-electron chi connectivity index (χ3n) is 9.93. The second kappa shape index (κ2) is 27.1. The number of carbonyl (C=O) groups excluding carboxylic acids is 2. The number of hydrogen-bond donors (Lipinski definition) is 4. The van der Waals surface area contributed by atoms with Crippen LogP contribution < -0.4 is 49.2 Å². The van der Waals surface area contributed by atoms with Crippen LogP contribution in [0.1, 0.15) is 63.3 Å². The van der Waals surface area contributed by atoms with Gasteiger partial charge in [-0.1, -0.05) is 33.1 Å². The highest BCUT2D eigenvalue weighted by molar-refractivity contribution is 14.1. The molecule has 2 aliphatic heterocycles. The van der Waals surface area contributed by atoms with E-state index in [1.54, 1.807) is 44.2 Å². The number of esters is 1. The van der Waals surface area contributed by atoms with Gasteiger partial charge in [-0.2, -0.15) is 0 Å². The molecule has 0 bridgehead atoms. The van der Waals surface area contributed by atoms with E-state index in [0.717, 1.165) is 14.1 Å². The van der Waals surface area contributed by atoms with Gasteiger partial charge in [-0.3, -0.25) is 28.4 Å². The van der Waals surface area contributed by atoms with Crippen molar-refractivity contribution in [3.8, 4) is 5.75 Å². The van der Waals surface area contributed by atoms with Crippen LogP contribution in [-0.4, -0.2) is 80.4 Å². The first kappa shape index (κ1) is 61.8. The van der Waals surface area contributed by atoms with Gasteiger partial charge in [-0.15, -0.1) is 0 Å². The number of carbonyl (C=O) groups is 2. The van der Waals surface area contributed by atoms with Crippen LogP contribution in [0.15, 0.2) is 85.9 Å². The summed E-state index contributed by atoms with van der Waals surface area (Å²) in [5, 5.41) is 4.98. The Hall–Kier alpha value is -5.54. The smallest absolute Gasteiger partial charge is 0.352 e. The second-order valence-electron chi connectivity index (χ2n) is 16.0. The van der Waals surface area contributed by atoms with Crippen molar-refractivity contribution < 1.29 is 60.5 Å². The maximum Gasteiger partial charge on any atom is 0.352 e. The molecule has 3 aromatic carbocycles. The standard InChI is InChI=1S/C19H21F2IN4O6.C19H14F2IN3O4.C6H13NO3.2CH4/c1-19(2)30-7-11(32-19)8-31-24-16(27)14-15(23-13-5-4-10(22)6-12(13)21)26(9-20)18(29)25(3)17(14)28;1-24-17(26)15(18(27)29-12-5-3-2-4-6-12)16(25(10-20)19(24)28)23-14-8-7-11(22)9-13(14)21;1-6(2)8-3-5(10-6)4-9-7;;/h4-6,11,23H,7-9H2,1-3H3,(H,24,27);2-9,23H,10H2,1H3;5H,3-4,7H2,1-2H3;2*1H4. The molecule has 27 heteroatoms. The van der Waals surface area contributed by atoms with Gasteiger partial charge in [0.2, 0.25) is 0 Å². The summed E-state index contributed by atoms with van der Waals surface area (Å²) in [6.07, 6.45) is -0.480. The molecule has 2 atom stereocenters. The average molecular weight is 1260 g/mol. The minimum absolute atomic E-state index is 0. The highest BCUT2D eigenvalue weighted by Gasteiger charge is 2.34. The number of aromatic nitrogens is 4. The predicted octanol–water partition coefficient (Wildman–Crippen LogP) is 6.26. The topological polar surface area (TPSA) is 249 Å². The Bertz CT molecular complexity index is 2970. The Balaban J connectivity index is 0.000000317. The monoisotopic (exact) mass is 1260 g/mol. The number of hydroxylamine groups is 1. The summed E-state index contributed by atoms with van der Waals surface area (Å²) in [5.41, 5.74) is -3.55. The van der Waals surface area contributed by atoms with Gasteiger partial charge in [0.05, 0.1) is 31.2 Å². The van der Waals surface area contributed by atoms with Crippen LogP contribution >= 0.6 is 45.2 Å². The van der Waals surface area contributed by atoms with Crippen LogP contribution in [0.25, 0.3) is 0 Å². The SMILES string of the molecule is C.C.CC1(C)OCC(CON)O1.Cn1c(=O)c(C(=O)NOCC2COC(C)(C)O2)c(Nc2ccc(I)cc2F)n(CF)c1=O.Cn1c(=O)c(C(=O)Oc2ccccc2)c(Nc2ccc(I)cc2F)n(CF)c1=O. The lowest BCUT2D eigenvalue weighted by Crippen LogP contribution is -2.44. The Labute approximate surface area is 443 Å². The number of nitrogens with two attached hydrogens (primary N) is 1. The normalized spacial score (nSPS) is 16.1. The number of rotatable bonds is 14. The second-order valence-corrected chi connectivity index (χ2v) is 18.5. The van der Waals surface area contributed by atoms with Crippen molar-refractivity contribution in [1.29, 1.82) is 0 Å². The maximum atomic E-state index is 14.3. The number of amides is 1. The van der Waals surface area contributed by atoms with Crippen molar-refractivity contribution in [2.45, 2.75) is 79.9 Å². The number of nitrogens with zero attached hydrogens (tertiary/aromatic N) is 4. The molecule has 2 unspecified atom stereocenters. The van der Waals surface area contributed by atoms with E-state index in [-0.39, 0.29) is 51.3 Å². The molecule has 0 spiro atoms. The third-order valence-corrected chi connectivity index (χ3v) is 11.3. The minimum atomic E-state index is -1.37. The number of anilines is 4. The Morgan fingerprint density at radius 3 is 1.56 bits per heavy atom. The van der Waals surface area contributed by atoms with Crippen molar-refractivity contribution in [2.75, 3.05) is 37.1 Å². The summed E-state index contributed by atoms with van der Waals surface area (Å²) in [5.74, 6) is -0.874. The number of para-hydroxylation sites is 1. The highest BCUT2D eigenvalue weighted by atomic mass is 127. The molecule has 0 radical (unpaired) electrons. The van der Waals surface area contributed by atoms with Gasteiger partial charge in [-0.05, 0) is 121 Å². The lowest BCUT2D eigenvalue weighted by molar-refractivity contribution is -0.147. The first-order valence-electron chi connectivity index (χ1n) is 20.9. The van der Waals surface area contributed by atoms with E-state index in [1.807, 2.05) is 59.0 Å². The Kier molecular flexibility index (Phi) is 22.9. The largest absolute Gasteiger partial charge is 0.423 e. The van der Waals surface area contributed by atoms with Crippen molar-refractivity contribution in [3.63, 3.8) is 0 Å². The fourth-order valence-corrected chi connectivity index (χ4v) is 7.44. The predicted molar refractivity (Wildman–Crippen MR) is 277 cm³/mol. The molecule has 2 aliphatic rings. The van der Waals surface area contributed by atoms with Gasteiger partial charge in [0.25, 0.3) is 17.0 Å². The van der Waals surface area contributed by atoms with E-state index in [9.17, 15) is 46.3 Å². The van der Waals surface area contributed by atoms with E-state index in [2.05, 4.69) is 21.0 Å². The zero-order chi connectivity index (χ0) is 52.4. The molecule has 2 saturated heterocycles. The van der Waals surface area contributed by atoms with Gasteiger partial charge in [0.15, 0.2) is 30.7 Å². The molecule has 5 aromatic rings. The average Bonchev–Trinajstić information content (AvgIpc) is 3.85. The summed E-state index contributed by atoms with van der Waals surface area (Å²) in [6, 6.07) is 16.1. The summed E-state index contributed by atoms with van der Waals surface area (Å²) in [7, 11) is 2.20. The van der Waals surface area contributed by atoms with Crippen LogP contribution in [0.5, 0.6) is 5.75 Å². The number of hydrogen-bond acceptors (Lipinski definition) is 16. The van der Waals surface area contributed by atoms with Crippen LogP contribution in [0.3, 0.4) is 0 Å². The number of halogens is 6. The first-order chi connectivity index (χ1) is 33.5. The van der Waals surface area contributed by atoms with Crippen molar-refractivity contribution >= 4 is 80.1 Å². The molecule has 0 saturated carbocycles. The molecule has 4 heterocycles. The summed E-state index contributed by atoms with van der Waals surface area (Å²) in [6.45, 7) is 5.54. The van der Waals surface area contributed by atoms with E-state index >= 15 is 0 Å². The lowest BCUT2D eigenvalue weighted by Gasteiger charge is -2.18. The fourth-order valence-electron chi connectivity index (χ4n) is 6.54. The van der Waals surface area contributed by atoms with Crippen LogP contribution in [0, 0.1) is 18.8 Å². The van der Waals surface area contributed by atoms with Crippen molar-refractivity contribution in [3.05, 3.63) is 138 Å². The van der Waals surface area contributed by atoms with Gasteiger partial charge < -0.3 is 39.2 Å². The molecule has 7 rings (SSSR count). The third kappa shape index (κ3) is 16.0. The van der Waals surface area contributed by atoms with E-state index in [1.165, 1.54) is 36.4 Å². The summed E-state index contributed by atoms with van der Waals surface area (Å²) < 4.78 is 86.1. The zero-order valence-corrected chi connectivity index (χ0v) is 43.0. The molecule has 21 nitrogen and oxygen atoms in total. The van der Waals surface area contributed by atoms with Gasteiger partial charge in [0, 0.05) is 21.2 Å². The quantitative estimate of drug-likeness (QED) is 0.0315. The van der Waals surface area contributed by atoms with Crippen LogP contribution in [-0.2, 0) is 56.3 Å². The Morgan fingerprint density at radius 1 is 0.712 bits per heavy atom. The highest BCUT2D eigenvalue weighted by Crippen LogP contribution is 2.27. The molecule has 2 aromatic heterocycles. The minimum Gasteiger partial charge on any atom is -0.423 e. The van der Waals surface area contributed by atoms with E-state index in [4.69, 9.17) is 34.4 Å². The van der Waals surface area contributed by atoms with Crippen LogP contribution in [0.2, 0.25) is 0 Å². The lowest BCUT2D eigenvalue weighted by atomic mass is 10.2. The number of benzene rings is 3.